The molecule has 1 aromatic carbocycles. The summed E-state index contributed by atoms with van der Waals surface area (Å²) < 4.78 is 4.92. The molecule has 0 unspecified atom stereocenters. The van der Waals surface area contributed by atoms with Crippen molar-refractivity contribution in [1.29, 1.82) is 0 Å². The second-order valence-corrected chi connectivity index (χ2v) is 5.27. The van der Waals surface area contributed by atoms with Crippen LogP contribution in [-0.4, -0.2) is 45.7 Å². The topological polar surface area (TPSA) is 87.1 Å². The zero-order valence-electron chi connectivity index (χ0n) is 12.7. The number of ether oxygens (including phenoxy) is 1. The van der Waals surface area contributed by atoms with Crippen LogP contribution in [0.15, 0.2) is 18.2 Å². The van der Waals surface area contributed by atoms with Crippen molar-refractivity contribution in [3.05, 3.63) is 23.8 Å². The lowest BCUT2D eigenvalue weighted by Crippen LogP contribution is -2.44. The van der Waals surface area contributed by atoms with Gasteiger partial charge in [0.15, 0.2) is 6.61 Å². The molecule has 0 radical (unpaired) electrons. The predicted molar refractivity (Wildman–Crippen MR) is 77.2 cm³/mol. The van der Waals surface area contributed by atoms with Gasteiger partial charge in [-0.05, 0) is 39.8 Å². The number of benzene rings is 1. The standard InChI is InChI=1S/C15H21NO5/c1-9(2)16(10(3)4)14(19)8-21-15(20)12-6-5-11(17)7-13(12)18/h5-7,9-10,17-18H,8H2,1-4H3. The molecule has 1 rings (SSSR count). The number of phenols is 2. The molecule has 2 N–H and O–H groups in total. The summed E-state index contributed by atoms with van der Waals surface area (Å²) in [5.41, 5.74) is -0.0961. The van der Waals surface area contributed by atoms with Gasteiger partial charge in [-0.25, -0.2) is 4.79 Å². The van der Waals surface area contributed by atoms with Gasteiger partial charge in [-0.3, -0.25) is 4.79 Å². The van der Waals surface area contributed by atoms with Gasteiger partial charge in [-0.1, -0.05) is 0 Å². The van der Waals surface area contributed by atoms with Crippen LogP contribution in [0.4, 0.5) is 0 Å². The highest BCUT2D eigenvalue weighted by Gasteiger charge is 2.22. The molecule has 6 nitrogen and oxygen atoms in total. The van der Waals surface area contributed by atoms with Gasteiger partial charge >= 0.3 is 5.97 Å². The number of amides is 1. The van der Waals surface area contributed by atoms with E-state index in [9.17, 15) is 14.7 Å². The quantitative estimate of drug-likeness (QED) is 0.810. The Morgan fingerprint density at radius 1 is 1.14 bits per heavy atom. The maximum absolute atomic E-state index is 12.0. The van der Waals surface area contributed by atoms with Crippen LogP contribution in [0.1, 0.15) is 38.1 Å². The number of rotatable bonds is 5. The second kappa shape index (κ2) is 6.97. The van der Waals surface area contributed by atoms with E-state index in [0.717, 1.165) is 6.07 Å². The van der Waals surface area contributed by atoms with Crippen LogP contribution < -0.4 is 0 Å². The molecule has 0 aliphatic carbocycles. The van der Waals surface area contributed by atoms with Crippen LogP contribution in [0.25, 0.3) is 0 Å². The van der Waals surface area contributed by atoms with Gasteiger partial charge in [0.2, 0.25) is 0 Å². The van der Waals surface area contributed by atoms with E-state index in [1.54, 1.807) is 4.90 Å². The Kier molecular flexibility index (Phi) is 5.58. The highest BCUT2D eigenvalue weighted by molar-refractivity contribution is 5.94. The smallest absolute Gasteiger partial charge is 0.342 e. The third-order valence-corrected chi connectivity index (χ3v) is 2.93. The molecule has 0 heterocycles. The molecule has 116 valence electrons. The summed E-state index contributed by atoms with van der Waals surface area (Å²) in [6.07, 6.45) is 0. The largest absolute Gasteiger partial charge is 0.508 e. The van der Waals surface area contributed by atoms with Crippen LogP contribution in [0.2, 0.25) is 0 Å². The number of esters is 1. The molecule has 0 saturated carbocycles. The van der Waals surface area contributed by atoms with Gasteiger partial charge in [-0.15, -0.1) is 0 Å². The molecule has 0 fully saturated rings. The minimum Gasteiger partial charge on any atom is -0.508 e. The van der Waals surface area contributed by atoms with Gasteiger partial charge in [0.05, 0.1) is 0 Å². The Bertz CT molecular complexity index is 517. The summed E-state index contributed by atoms with van der Waals surface area (Å²) in [6, 6.07) is 3.52. The molecule has 0 spiro atoms. The van der Waals surface area contributed by atoms with Gasteiger partial charge in [0, 0.05) is 18.2 Å². The summed E-state index contributed by atoms with van der Waals surface area (Å²) in [5, 5.41) is 18.7. The summed E-state index contributed by atoms with van der Waals surface area (Å²) in [4.78, 5) is 25.5. The van der Waals surface area contributed by atoms with Crippen molar-refractivity contribution in [1.82, 2.24) is 4.90 Å². The number of carbonyl (C=O) groups excluding carboxylic acids is 2. The molecule has 0 bridgehead atoms. The van der Waals surface area contributed by atoms with Crippen LogP contribution in [0.5, 0.6) is 11.5 Å². The summed E-state index contributed by atoms with van der Waals surface area (Å²) in [5.74, 6) is -1.66. The normalized spacial score (nSPS) is 10.8. The molecule has 1 amide bonds. The Labute approximate surface area is 124 Å². The minimum atomic E-state index is -0.812. The monoisotopic (exact) mass is 295 g/mol. The fraction of sp³-hybridized carbons (Fsp3) is 0.467. The summed E-state index contributed by atoms with van der Waals surface area (Å²) in [7, 11) is 0. The van der Waals surface area contributed by atoms with Gasteiger partial charge in [0.1, 0.15) is 17.1 Å². The zero-order chi connectivity index (χ0) is 16.2. The maximum atomic E-state index is 12.0. The molecule has 21 heavy (non-hydrogen) atoms. The molecule has 0 aliphatic rings. The minimum absolute atomic E-state index is 0.00160. The van der Waals surface area contributed by atoms with E-state index in [1.165, 1.54) is 12.1 Å². The van der Waals surface area contributed by atoms with Crippen molar-refractivity contribution in [2.45, 2.75) is 39.8 Å². The lowest BCUT2D eigenvalue weighted by Gasteiger charge is -2.30. The molecule has 0 saturated heterocycles. The first-order chi connectivity index (χ1) is 9.73. The lowest BCUT2D eigenvalue weighted by molar-refractivity contribution is -0.138. The number of hydrogen-bond acceptors (Lipinski definition) is 5. The number of hydrogen-bond donors (Lipinski definition) is 2. The molecule has 0 atom stereocenters. The van der Waals surface area contributed by atoms with Crippen LogP contribution >= 0.6 is 0 Å². The lowest BCUT2D eigenvalue weighted by atomic mass is 10.2. The number of phenolic OH excluding ortho intramolecular Hbond substituents is 2. The fourth-order valence-electron chi connectivity index (χ4n) is 2.14. The first-order valence-electron chi connectivity index (χ1n) is 6.74. The predicted octanol–water partition coefficient (Wildman–Crippen LogP) is 1.90. The van der Waals surface area contributed by atoms with E-state index >= 15 is 0 Å². The molecular weight excluding hydrogens is 274 g/mol. The Balaban J connectivity index is 2.70. The van der Waals surface area contributed by atoms with Crippen LogP contribution in [-0.2, 0) is 9.53 Å². The van der Waals surface area contributed by atoms with Crippen molar-refractivity contribution >= 4 is 11.9 Å². The van der Waals surface area contributed by atoms with Crippen LogP contribution in [0.3, 0.4) is 0 Å². The third kappa shape index (κ3) is 4.37. The van der Waals surface area contributed by atoms with Crippen molar-refractivity contribution in [2.24, 2.45) is 0 Å². The third-order valence-electron chi connectivity index (χ3n) is 2.93. The number of carbonyl (C=O) groups is 2. The Morgan fingerprint density at radius 2 is 1.71 bits per heavy atom. The number of nitrogens with zero attached hydrogens (tertiary/aromatic N) is 1. The van der Waals surface area contributed by atoms with E-state index in [1.807, 2.05) is 27.7 Å². The van der Waals surface area contributed by atoms with Crippen molar-refractivity contribution < 1.29 is 24.5 Å². The van der Waals surface area contributed by atoms with Crippen molar-refractivity contribution in [3.8, 4) is 11.5 Å². The molecule has 6 heteroatoms. The molecule has 1 aromatic rings. The van der Waals surface area contributed by atoms with E-state index in [4.69, 9.17) is 9.84 Å². The highest BCUT2D eigenvalue weighted by Crippen LogP contribution is 2.23. The van der Waals surface area contributed by atoms with E-state index in [2.05, 4.69) is 0 Å². The fourth-order valence-corrected chi connectivity index (χ4v) is 2.14. The van der Waals surface area contributed by atoms with E-state index in [-0.39, 0.29) is 29.3 Å². The van der Waals surface area contributed by atoms with Crippen molar-refractivity contribution in [2.75, 3.05) is 6.61 Å². The SMILES string of the molecule is CC(C)N(C(=O)COC(=O)c1ccc(O)cc1O)C(C)C. The van der Waals surface area contributed by atoms with E-state index < -0.39 is 18.3 Å². The van der Waals surface area contributed by atoms with Crippen molar-refractivity contribution in [3.63, 3.8) is 0 Å². The first kappa shape index (κ1) is 16.8. The number of aromatic hydroxyl groups is 2. The molecule has 0 aliphatic heterocycles. The first-order valence-corrected chi connectivity index (χ1v) is 6.74. The Morgan fingerprint density at radius 3 is 2.19 bits per heavy atom. The van der Waals surface area contributed by atoms with Gasteiger partial charge in [-0.2, -0.15) is 0 Å². The summed E-state index contributed by atoms with van der Waals surface area (Å²) >= 11 is 0. The van der Waals surface area contributed by atoms with Gasteiger partial charge < -0.3 is 19.8 Å². The highest BCUT2D eigenvalue weighted by atomic mass is 16.5. The second-order valence-electron chi connectivity index (χ2n) is 5.27. The van der Waals surface area contributed by atoms with E-state index in [0.29, 0.717) is 0 Å². The molecular formula is C15H21NO5. The average molecular weight is 295 g/mol. The maximum Gasteiger partial charge on any atom is 0.342 e. The Hall–Kier alpha value is -2.24. The van der Waals surface area contributed by atoms with Gasteiger partial charge in [0.25, 0.3) is 5.91 Å². The summed E-state index contributed by atoms with van der Waals surface area (Å²) in [6.45, 7) is 7.13. The molecule has 0 aromatic heterocycles. The van der Waals surface area contributed by atoms with Crippen LogP contribution in [0, 0.1) is 0 Å². The average Bonchev–Trinajstić information content (AvgIpc) is 2.35. The zero-order valence-corrected chi connectivity index (χ0v) is 12.7.